The molecule has 10 aromatic rings. The summed E-state index contributed by atoms with van der Waals surface area (Å²) in [5, 5.41) is 13.4. The molecule has 0 spiro atoms. The van der Waals surface area contributed by atoms with Gasteiger partial charge in [-0.1, -0.05) is 122 Å². The number of nitrogens with zero attached hydrogens (tertiary/aromatic N) is 4. The van der Waals surface area contributed by atoms with Crippen LogP contribution in [0, 0.1) is 11.8 Å². The third-order valence-electron chi connectivity index (χ3n) is 16.9. The number of fused-ring (bicyclic) bond motifs is 4. The molecule has 4 aliphatic heterocycles. The third-order valence-corrected chi connectivity index (χ3v) is 16.9. The standard InChI is InChI=1S/2C30H22N2O4.C5H12/c2*1-4-14(2)13-32-29(35)21-11-7-17-15-5-9-19-25-20(28(34)31(3)27(19)33)10-6-16(23(15)25)18-8-12-22(30(32)36)26(21)24(17)18;1-3-5-4-2/h2*5-12,14H,4,13H2,1-3H3;3-5H2,1-2H3. The summed E-state index contributed by atoms with van der Waals surface area (Å²) in [6.45, 7) is 13.4. The number of hydrogen-bond acceptors (Lipinski definition) is 8. The van der Waals surface area contributed by atoms with Gasteiger partial charge in [0.05, 0.1) is 0 Å². The van der Waals surface area contributed by atoms with Crippen molar-refractivity contribution < 1.29 is 38.4 Å². The van der Waals surface area contributed by atoms with Crippen LogP contribution in [-0.2, 0) is 0 Å². The number of hydrogen-bond donors (Lipinski definition) is 0. The Morgan fingerprint density at radius 3 is 0.662 bits per heavy atom. The lowest BCUT2D eigenvalue weighted by Crippen LogP contribution is -2.42. The van der Waals surface area contributed by atoms with Crippen molar-refractivity contribution in [2.24, 2.45) is 11.8 Å². The Balaban J connectivity index is 0.000000142. The molecule has 0 bridgehead atoms. The van der Waals surface area contributed by atoms with E-state index in [1.807, 2.05) is 86.6 Å². The first kappa shape index (κ1) is 49.2. The zero-order chi connectivity index (χ0) is 54.2. The highest BCUT2D eigenvalue weighted by molar-refractivity contribution is 6.43. The van der Waals surface area contributed by atoms with E-state index >= 15 is 0 Å². The number of unbranched alkanes of at least 4 members (excludes halogenated alkanes) is 2. The SMILES string of the molecule is CCC(C)CN1C(=O)c2ccc3c4ccc5c6c(ccc(c7ccc(c2c37)C1=O)c64)C(=O)N(C)C5=O.CCC(C)CN1C(=O)c2ccc3c4ccc5c6c(ccc(c7ccc(c2c37)C1=O)c64)C(=O)N(C)C5=O.CCCCC. The number of carbonyl (C=O) groups excluding carboxylic acids is 8. The molecular formula is C65H56N4O8. The molecular weight excluding hydrogens is 965 g/mol. The van der Waals surface area contributed by atoms with Crippen LogP contribution in [0.2, 0.25) is 0 Å². The Kier molecular flexibility index (Phi) is 11.5. The van der Waals surface area contributed by atoms with E-state index in [0.717, 1.165) is 87.3 Å². The smallest absolute Gasteiger partial charge is 0.261 e. The molecule has 0 saturated carbocycles. The van der Waals surface area contributed by atoms with E-state index in [-0.39, 0.29) is 59.1 Å². The molecule has 0 N–H and O–H groups in total. The summed E-state index contributed by atoms with van der Waals surface area (Å²) >= 11 is 0. The quantitative estimate of drug-likeness (QED) is 0.0829. The van der Waals surface area contributed by atoms with Crippen molar-refractivity contribution in [1.29, 1.82) is 0 Å². The maximum atomic E-state index is 13.5. The van der Waals surface area contributed by atoms with Crippen LogP contribution in [0.1, 0.15) is 157 Å². The summed E-state index contributed by atoms with van der Waals surface area (Å²) in [7, 11) is 3.01. The monoisotopic (exact) mass is 1020 g/mol. The van der Waals surface area contributed by atoms with Crippen molar-refractivity contribution in [2.75, 3.05) is 27.2 Å². The number of amides is 8. The lowest BCUT2D eigenvalue weighted by molar-refractivity contribution is 0.0573. The molecule has 0 aliphatic carbocycles. The van der Waals surface area contributed by atoms with Crippen molar-refractivity contribution >= 4 is 133 Å². The summed E-state index contributed by atoms with van der Waals surface area (Å²) in [5.74, 6) is -1.87. The fourth-order valence-corrected chi connectivity index (χ4v) is 12.4. The maximum Gasteiger partial charge on any atom is 0.261 e. The van der Waals surface area contributed by atoms with Gasteiger partial charge < -0.3 is 0 Å². The van der Waals surface area contributed by atoms with Crippen molar-refractivity contribution in [3.63, 3.8) is 0 Å². The second kappa shape index (κ2) is 18.0. The average Bonchev–Trinajstić information content (AvgIpc) is 3.48. The van der Waals surface area contributed by atoms with Gasteiger partial charge in [0.25, 0.3) is 47.3 Å². The van der Waals surface area contributed by atoms with Gasteiger partial charge in [-0.2, -0.15) is 0 Å². The Morgan fingerprint density at radius 1 is 0.299 bits per heavy atom. The van der Waals surface area contributed by atoms with Gasteiger partial charge in [-0.3, -0.25) is 58.0 Å². The summed E-state index contributed by atoms with van der Waals surface area (Å²) in [4.78, 5) is 111. The molecule has 8 amide bonds. The molecule has 10 aromatic carbocycles. The Bertz CT molecular complexity index is 3830. The third kappa shape index (κ3) is 6.82. The minimum atomic E-state index is -0.315. The molecule has 0 fully saturated rings. The molecule has 384 valence electrons. The molecule has 12 heteroatoms. The second-order valence-electron chi connectivity index (χ2n) is 21.4. The summed E-state index contributed by atoms with van der Waals surface area (Å²) in [6, 6.07) is 29.8. The van der Waals surface area contributed by atoms with Gasteiger partial charge in [0.15, 0.2) is 0 Å². The number of benzene rings is 10. The van der Waals surface area contributed by atoms with Gasteiger partial charge in [-0.15, -0.1) is 0 Å². The first-order valence-corrected chi connectivity index (χ1v) is 26.9. The number of imide groups is 4. The molecule has 0 aromatic heterocycles. The predicted molar refractivity (Wildman–Crippen MR) is 303 cm³/mol. The van der Waals surface area contributed by atoms with E-state index in [0.29, 0.717) is 79.1 Å². The van der Waals surface area contributed by atoms with E-state index < -0.39 is 0 Å². The van der Waals surface area contributed by atoms with Crippen LogP contribution in [0.5, 0.6) is 0 Å². The molecule has 77 heavy (non-hydrogen) atoms. The van der Waals surface area contributed by atoms with Crippen molar-refractivity contribution in [1.82, 2.24) is 19.6 Å². The van der Waals surface area contributed by atoms with Crippen LogP contribution < -0.4 is 0 Å². The molecule has 0 saturated heterocycles. The zero-order valence-corrected chi connectivity index (χ0v) is 44.4. The fourth-order valence-electron chi connectivity index (χ4n) is 12.4. The van der Waals surface area contributed by atoms with E-state index in [9.17, 15) is 38.4 Å². The van der Waals surface area contributed by atoms with Crippen molar-refractivity contribution in [3.05, 3.63) is 142 Å². The molecule has 2 atom stereocenters. The Morgan fingerprint density at radius 2 is 0.494 bits per heavy atom. The predicted octanol–water partition coefficient (Wildman–Crippen LogP) is 13.4. The molecule has 2 unspecified atom stereocenters. The average molecular weight is 1020 g/mol. The fraction of sp³-hybridized carbons (Fsp3) is 0.262. The molecule has 0 radical (unpaired) electrons. The lowest BCUT2D eigenvalue weighted by atomic mass is 9.82. The summed E-state index contributed by atoms with van der Waals surface area (Å²) < 4.78 is 0. The van der Waals surface area contributed by atoms with Crippen LogP contribution in [-0.4, -0.2) is 94.0 Å². The van der Waals surface area contributed by atoms with Crippen LogP contribution in [0.15, 0.2) is 97.1 Å². The first-order valence-electron chi connectivity index (χ1n) is 26.9. The van der Waals surface area contributed by atoms with E-state index in [2.05, 4.69) is 27.7 Å². The van der Waals surface area contributed by atoms with Gasteiger partial charge in [-0.05, 0) is 125 Å². The van der Waals surface area contributed by atoms with E-state index in [1.165, 1.54) is 43.2 Å². The largest absolute Gasteiger partial charge is 0.277 e. The van der Waals surface area contributed by atoms with Gasteiger partial charge in [0, 0.05) is 93.2 Å². The van der Waals surface area contributed by atoms with Gasteiger partial charge in [0.2, 0.25) is 0 Å². The first-order chi connectivity index (χ1) is 37.1. The minimum Gasteiger partial charge on any atom is -0.277 e. The molecule has 4 aliphatic rings. The molecule has 14 rings (SSSR count). The maximum absolute atomic E-state index is 13.5. The highest BCUT2D eigenvalue weighted by atomic mass is 16.2. The van der Waals surface area contributed by atoms with E-state index in [1.54, 1.807) is 24.3 Å². The Labute approximate surface area is 443 Å². The topological polar surface area (TPSA) is 150 Å². The summed E-state index contributed by atoms with van der Waals surface area (Å²) in [6.07, 6.45) is 5.83. The van der Waals surface area contributed by atoms with Gasteiger partial charge in [-0.25, -0.2) is 0 Å². The highest BCUT2D eigenvalue weighted by Gasteiger charge is 2.39. The summed E-state index contributed by atoms with van der Waals surface area (Å²) in [5.41, 5.74) is 4.18. The molecule has 12 nitrogen and oxygen atoms in total. The normalized spacial score (nSPS) is 15.9. The minimum absolute atomic E-state index is 0.211. The van der Waals surface area contributed by atoms with Crippen LogP contribution in [0.3, 0.4) is 0 Å². The van der Waals surface area contributed by atoms with Crippen LogP contribution >= 0.6 is 0 Å². The van der Waals surface area contributed by atoms with Crippen molar-refractivity contribution in [2.45, 2.75) is 73.6 Å². The zero-order valence-electron chi connectivity index (χ0n) is 44.4. The lowest BCUT2D eigenvalue weighted by Gasteiger charge is -2.30. The van der Waals surface area contributed by atoms with Crippen LogP contribution in [0.25, 0.3) is 86.2 Å². The van der Waals surface area contributed by atoms with Crippen molar-refractivity contribution in [3.8, 4) is 0 Å². The number of carbonyl (C=O) groups is 8. The number of rotatable bonds is 8. The second-order valence-corrected chi connectivity index (χ2v) is 21.4. The van der Waals surface area contributed by atoms with Gasteiger partial charge >= 0.3 is 0 Å². The van der Waals surface area contributed by atoms with Gasteiger partial charge in [0.1, 0.15) is 0 Å². The molecule has 4 heterocycles. The highest BCUT2D eigenvalue weighted by Crippen LogP contribution is 2.48. The Hall–Kier alpha value is -8.64. The van der Waals surface area contributed by atoms with Crippen LogP contribution in [0.4, 0.5) is 0 Å². The van der Waals surface area contributed by atoms with E-state index in [4.69, 9.17) is 0 Å².